The number of halogens is 3. The van der Waals surface area contributed by atoms with Crippen molar-refractivity contribution >= 4 is 11.8 Å². The largest absolute Gasteiger partial charge is 0.492 e. The summed E-state index contributed by atoms with van der Waals surface area (Å²) in [5.74, 6) is -1.61. The lowest BCUT2D eigenvalue weighted by Crippen LogP contribution is -2.38. The van der Waals surface area contributed by atoms with E-state index in [1.807, 2.05) is 13.0 Å². The van der Waals surface area contributed by atoms with Crippen LogP contribution in [-0.4, -0.2) is 31.1 Å². The Balaban J connectivity index is 2.42. The van der Waals surface area contributed by atoms with E-state index in [-0.39, 0.29) is 25.0 Å². The van der Waals surface area contributed by atoms with E-state index in [0.29, 0.717) is 18.6 Å². The van der Waals surface area contributed by atoms with Gasteiger partial charge in [0.2, 0.25) is 5.91 Å². The molecule has 0 aliphatic carbocycles. The molecule has 1 rings (SSSR count). The molecule has 0 saturated heterocycles. The van der Waals surface area contributed by atoms with Crippen molar-refractivity contribution in [3.05, 3.63) is 29.8 Å². The number of alkyl halides is 3. The number of hydrogen-bond acceptors (Lipinski definition) is 3. The van der Waals surface area contributed by atoms with Crippen molar-refractivity contribution in [2.75, 3.05) is 13.2 Å². The molecule has 24 heavy (non-hydrogen) atoms. The highest BCUT2D eigenvalue weighted by atomic mass is 19.4. The van der Waals surface area contributed by atoms with Crippen molar-refractivity contribution in [2.24, 2.45) is 5.73 Å². The van der Waals surface area contributed by atoms with Crippen molar-refractivity contribution in [1.82, 2.24) is 5.32 Å². The van der Waals surface area contributed by atoms with Crippen molar-refractivity contribution in [3.63, 3.8) is 0 Å². The fraction of sp³-hybridized carbons (Fsp3) is 0.500. The summed E-state index contributed by atoms with van der Waals surface area (Å²) in [6.07, 6.45) is -3.08. The molecule has 5 nitrogen and oxygen atoms in total. The average Bonchev–Trinajstić information content (AvgIpc) is 2.50. The predicted molar refractivity (Wildman–Crippen MR) is 82.5 cm³/mol. The van der Waals surface area contributed by atoms with Crippen LogP contribution in [0, 0.1) is 0 Å². The van der Waals surface area contributed by atoms with E-state index >= 15 is 0 Å². The molecule has 0 fully saturated rings. The maximum Gasteiger partial charge on any atom is 0.471 e. The topological polar surface area (TPSA) is 81.4 Å². The van der Waals surface area contributed by atoms with E-state index in [1.54, 1.807) is 23.5 Å². The Kier molecular flexibility index (Phi) is 7.54. The summed E-state index contributed by atoms with van der Waals surface area (Å²) in [4.78, 5) is 21.4. The number of carbonyl (C=O) groups is 2. The van der Waals surface area contributed by atoms with Crippen molar-refractivity contribution in [1.29, 1.82) is 0 Å². The number of primary amides is 1. The van der Waals surface area contributed by atoms with Crippen LogP contribution in [0.25, 0.3) is 0 Å². The van der Waals surface area contributed by atoms with Crippen LogP contribution >= 0.6 is 0 Å². The quantitative estimate of drug-likeness (QED) is 0.674. The van der Waals surface area contributed by atoms with Gasteiger partial charge in [-0.05, 0) is 36.5 Å². The molecular formula is C16H21F3N2O3. The lowest BCUT2D eigenvalue weighted by molar-refractivity contribution is -0.173. The molecule has 0 bridgehead atoms. The molecule has 1 aromatic rings. The number of amides is 2. The molecule has 0 radical (unpaired) electrons. The summed E-state index contributed by atoms with van der Waals surface area (Å²) in [6.45, 7) is 1.70. The number of rotatable bonds is 9. The van der Waals surface area contributed by atoms with E-state index in [0.717, 1.165) is 12.0 Å². The molecule has 0 aromatic heterocycles. The maximum atomic E-state index is 12.0. The van der Waals surface area contributed by atoms with Gasteiger partial charge in [0.1, 0.15) is 12.4 Å². The van der Waals surface area contributed by atoms with Crippen LogP contribution in [0.15, 0.2) is 24.3 Å². The number of hydrogen-bond donors (Lipinski definition) is 2. The number of ether oxygens (including phenoxy) is 1. The van der Waals surface area contributed by atoms with Crippen molar-refractivity contribution < 1.29 is 27.5 Å². The minimum Gasteiger partial charge on any atom is -0.492 e. The van der Waals surface area contributed by atoms with E-state index in [2.05, 4.69) is 0 Å². The van der Waals surface area contributed by atoms with Crippen molar-refractivity contribution in [2.45, 2.75) is 38.3 Å². The lowest BCUT2D eigenvalue weighted by atomic mass is 9.95. The Hall–Kier alpha value is -2.25. The highest BCUT2D eigenvalue weighted by molar-refractivity contribution is 5.81. The Morgan fingerprint density at radius 2 is 2.04 bits per heavy atom. The van der Waals surface area contributed by atoms with Gasteiger partial charge in [-0.15, -0.1) is 0 Å². The summed E-state index contributed by atoms with van der Waals surface area (Å²) in [6, 6.07) is 7.17. The second kappa shape index (κ2) is 9.14. The Morgan fingerprint density at radius 1 is 1.33 bits per heavy atom. The van der Waals surface area contributed by atoms with Gasteiger partial charge in [-0.2, -0.15) is 13.2 Å². The number of nitrogens with two attached hydrogens (primary N) is 1. The molecule has 0 spiro atoms. The number of carbonyl (C=O) groups excluding carboxylic acids is 2. The van der Waals surface area contributed by atoms with Crippen LogP contribution in [0.4, 0.5) is 13.2 Å². The van der Waals surface area contributed by atoms with Crippen LogP contribution in [0.3, 0.4) is 0 Å². The average molecular weight is 346 g/mol. The molecule has 8 heteroatoms. The van der Waals surface area contributed by atoms with E-state index < -0.39 is 12.1 Å². The summed E-state index contributed by atoms with van der Waals surface area (Å²) >= 11 is 0. The van der Waals surface area contributed by atoms with Crippen LogP contribution in [0.2, 0.25) is 0 Å². The highest BCUT2D eigenvalue weighted by Crippen LogP contribution is 2.24. The van der Waals surface area contributed by atoms with Crippen LogP contribution in [0.1, 0.15) is 37.7 Å². The highest BCUT2D eigenvalue weighted by Gasteiger charge is 2.38. The van der Waals surface area contributed by atoms with Gasteiger partial charge in [-0.1, -0.05) is 19.1 Å². The fourth-order valence-corrected chi connectivity index (χ4v) is 2.09. The molecule has 134 valence electrons. The van der Waals surface area contributed by atoms with Gasteiger partial charge in [0.25, 0.3) is 0 Å². The van der Waals surface area contributed by atoms with E-state index in [9.17, 15) is 22.8 Å². The summed E-state index contributed by atoms with van der Waals surface area (Å²) < 4.78 is 41.4. The van der Waals surface area contributed by atoms with Gasteiger partial charge in [0.15, 0.2) is 0 Å². The molecule has 0 heterocycles. The molecule has 0 aliphatic heterocycles. The molecule has 1 aromatic carbocycles. The smallest absolute Gasteiger partial charge is 0.471 e. The zero-order chi connectivity index (χ0) is 18.2. The second-order valence-electron chi connectivity index (χ2n) is 5.43. The normalized spacial score (nSPS) is 12.5. The Morgan fingerprint density at radius 3 is 2.67 bits per heavy atom. The maximum absolute atomic E-state index is 12.0. The molecule has 0 saturated carbocycles. The Bertz CT molecular complexity index is 562. The zero-order valence-corrected chi connectivity index (χ0v) is 13.4. The second-order valence-corrected chi connectivity index (χ2v) is 5.43. The SMILES string of the molecule is CC(CCCC(N)=O)c1cccc(OCCNC(=O)C(F)(F)F)c1. The third-order valence-electron chi connectivity index (χ3n) is 3.40. The van der Waals surface area contributed by atoms with Gasteiger partial charge in [-0.25, -0.2) is 0 Å². The first-order valence-electron chi connectivity index (χ1n) is 7.56. The van der Waals surface area contributed by atoms with Gasteiger partial charge < -0.3 is 15.8 Å². The first-order chi connectivity index (χ1) is 11.2. The lowest BCUT2D eigenvalue weighted by Gasteiger charge is -2.14. The first kappa shape index (κ1) is 19.8. The summed E-state index contributed by atoms with van der Waals surface area (Å²) in [5.41, 5.74) is 6.09. The minimum absolute atomic E-state index is 0.0681. The molecule has 0 aliphatic rings. The minimum atomic E-state index is -4.89. The van der Waals surface area contributed by atoms with E-state index in [4.69, 9.17) is 10.5 Å². The van der Waals surface area contributed by atoms with Gasteiger partial charge >= 0.3 is 12.1 Å². The zero-order valence-electron chi connectivity index (χ0n) is 13.4. The van der Waals surface area contributed by atoms with E-state index in [1.165, 1.54) is 0 Å². The summed E-state index contributed by atoms with van der Waals surface area (Å²) in [7, 11) is 0. The van der Waals surface area contributed by atoms with Gasteiger partial charge in [-0.3, -0.25) is 9.59 Å². The number of nitrogens with one attached hydrogen (secondary N) is 1. The van der Waals surface area contributed by atoms with Gasteiger partial charge in [0, 0.05) is 6.42 Å². The Labute approximate surface area is 138 Å². The molecule has 3 N–H and O–H groups in total. The third kappa shape index (κ3) is 7.34. The number of benzene rings is 1. The van der Waals surface area contributed by atoms with Crippen LogP contribution < -0.4 is 15.8 Å². The molecule has 2 amide bonds. The van der Waals surface area contributed by atoms with Crippen molar-refractivity contribution in [3.8, 4) is 5.75 Å². The fourth-order valence-electron chi connectivity index (χ4n) is 2.09. The third-order valence-corrected chi connectivity index (χ3v) is 3.40. The predicted octanol–water partition coefficient (Wildman–Crippen LogP) is 2.50. The van der Waals surface area contributed by atoms with Crippen LogP contribution in [0.5, 0.6) is 5.75 Å². The van der Waals surface area contributed by atoms with Crippen LogP contribution in [-0.2, 0) is 9.59 Å². The molecular weight excluding hydrogens is 325 g/mol. The summed E-state index contributed by atoms with van der Waals surface area (Å²) in [5, 5.41) is 1.74. The monoisotopic (exact) mass is 346 g/mol. The molecule has 1 unspecified atom stereocenters. The van der Waals surface area contributed by atoms with Gasteiger partial charge in [0.05, 0.1) is 6.54 Å². The first-order valence-corrected chi connectivity index (χ1v) is 7.56. The standard InChI is InChI=1S/C16H21F3N2O3/c1-11(4-2-7-14(20)22)12-5-3-6-13(10-12)24-9-8-21-15(23)16(17,18)19/h3,5-6,10-11H,2,4,7-9H2,1H3,(H2,20,22)(H,21,23). The molecule has 1 atom stereocenters.